The quantitative estimate of drug-likeness (QED) is 0.684. The zero-order valence-corrected chi connectivity index (χ0v) is 11.8. The predicted molar refractivity (Wildman–Crippen MR) is 75.7 cm³/mol. The number of aromatic carboxylic acids is 1. The van der Waals surface area contributed by atoms with Gasteiger partial charge in [-0.25, -0.2) is 4.79 Å². The number of anilines is 1. The molecule has 0 radical (unpaired) electrons. The number of nitro groups is 1. The first kappa shape index (κ1) is 14.6. The number of rotatable bonds is 3. The van der Waals surface area contributed by atoms with Crippen LogP contribution in [-0.4, -0.2) is 29.1 Å². The lowest BCUT2D eigenvalue weighted by Gasteiger charge is -2.33. The molecule has 0 aromatic heterocycles. The van der Waals surface area contributed by atoms with Gasteiger partial charge in [-0.05, 0) is 18.8 Å². The molecule has 20 heavy (non-hydrogen) atoms. The summed E-state index contributed by atoms with van der Waals surface area (Å²) in [4.78, 5) is 23.4. The average molecular weight is 299 g/mol. The molecule has 1 saturated heterocycles. The van der Waals surface area contributed by atoms with Gasteiger partial charge in [0.05, 0.1) is 21.2 Å². The predicted octanol–water partition coefficient (Wildman–Crippen LogP) is 3.18. The summed E-state index contributed by atoms with van der Waals surface area (Å²) in [5.74, 6) is -0.611. The van der Waals surface area contributed by atoms with Crippen molar-refractivity contribution < 1.29 is 14.8 Å². The first-order valence-corrected chi connectivity index (χ1v) is 6.74. The fourth-order valence-electron chi connectivity index (χ4n) is 2.41. The molecule has 0 saturated carbocycles. The molecule has 1 aliphatic rings. The summed E-state index contributed by atoms with van der Waals surface area (Å²) >= 11 is 6.08. The minimum absolute atomic E-state index is 0.112. The topological polar surface area (TPSA) is 83.7 Å². The fourth-order valence-corrected chi connectivity index (χ4v) is 2.74. The van der Waals surface area contributed by atoms with Gasteiger partial charge in [0.1, 0.15) is 0 Å². The van der Waals surface area contributed by atoms with E-state index in [1.54, 1.807) is 0 Å². The Hall–Kier alpha value is -1.82. The third-order valence-electron chi connectivity index (χ3n) is 3.59. The van der Waals surface area contributed by atoms with Crippen LogP contribution in [-0.2, 0) is 0 Å². The van der Waals surface area contributed by atoms with E-state index in [-0.39, 0.29) is 16.3 Å². The van der Waals surface area contributed by atoms with Crippen LogP contribution in [0.25, 0.3) is 0 Å². The maximum Gasteiger partial charge on any atom is 0.338 e. The van der Waals surface area contributed by atoms with E-state index in [1.165, 1.54) is 6.07 Å². The number of nitrogens with zero attached hydrogens (tertiary/aromatic N) is 2. The Bertz CT molecular complexity index is 554. The van der Waals surface area contributed by atoms with E-state index in [9.17, 15) is 20.0 Å². The Morgan fingerprint density at radius 1 is 1.45 bits per heavy atom. The minimum Gasteiger partial charge on any atom is -0.478 e. The molecule has 0 spiro atoms. The SMILES string of the molecule is CC1CCN(c2c(Cl)cc([N+](=O)[O-])cc2C(=O)O)CC1. The van der Waals surface area contributed by atoms with Crippen molar-refractivity contribution in [2.75, 3.05) is 18.0 Å². The normalized spacial score (nSPS) is 16.2. The monoisotopic (exact) mass is 298 g/mol. The molecule has 7 heteroatoms. The van der Waals surface area contributed by atoms with E-state index in [2.05, 4.69) is 6.92 Å². The third-order valence-corrected chi connectivity index (χ3v) is 3.88. The summed E-state index contributed by atoms with van der Waals surface area (Å²) in [6.45, 7) is 3.56. The van der Waals surface area contributed by atoms with Crippen molar-refractivity contribution in [3.63, 3.8) is 0 Å². The highest BCUT2D eigenvalue weighted by Crippen LogP contribution is 2.36. The summed E-state index contributed by atoms with van der Waals surface area (Å²) < 4.78 is 0. The molecule has 1 aromatic rings. The summed E-state index contributed by atoms with van der Waals surface area (Å²) in [7, 11) is 0. The Morgan fingerprint density at radius 3 is 2.55 bits per heavy atom. The molecule has 0 unspecified atom stereocenters. The highest BCUT2D eigenvalue weighted by molar-refractivity contribution is 6.34. The number of hydrogen-bond acceptors (Lipinski definition) is 4. The van der Waals surface area contributed by atoms with Crippen LogP contribution in [0.4, 0.5) is 11.4 Å². The van der Waals surface area contributed by atoms with Crippen LogP contribution in [0.1, 0.15) is 30.1 Å². The number of hydrogen-bond donors (Lipinski definition) is 1. The number of carbonyl (C=O) groups is 1. The summed E-state index contributed by atoms with van der Waals surface area (Å²) in [6.07, 6.45) is 1.90. The number of carboxylic acids is 1. The van der Waals surface area contributed by atoms with Crippen molar-refractivity contribution >= 4 is 28.9 Å². The zero-order valence-electron chi connectivity index (χ0n) is 11.0. The van der Waals surface area contributed by atoms with E-state index < -0.39 is 10.9 Å². The molecule has 0 amide bonds. The lowest BCUT2D eigenvalue weighted by molar-refractivity contribution is -0.384. The van der Waals surface area contributed by atoms with Crippen molar-refractivity contribution in [3.05, 3.63) is 32.8 Å². The molecule has 2 rings (SSSR count). The Labute approximate surface area is 121 Å². The van der Waals surface area contributed by atoms with Crippen LogP contribution in [0.3, 0.4) is 0 Å². The lowest BCUT2D eigenvalue weighted by atomic mass is 9.98. The summed E-state index contributed by atoms with van der Waals surface area (Å²) in [5.41, 5.74) is -0.0306. The molecular formula is C13H15ClN2O4. The van der Waals surface area contributed by atoms with E-state index >= 15 is 0 Å². The highest BCUT2D eigenvalue weighted by atomic mass is 35.5. The Kier molecular flexibility index (Phi) is 4.13. The van der Waals surface area contributed by atoms with Gasteiger partial charge >= 0.3 is 5.97 Å². The molecule has 1 heterocycles. The van der Waals surface area contributed by atoms with Crippen LogP contribution >= 0.6 is 11.6 Å². The molecule has 0 aliphatic carbocycles. The van der Waals surface area contributed by atoms with Gasteiger partial charge in [0, 0.05) is 25.2 Å². The molecule has 0 bridgehead atoms. The van der Waals surface area contributed by atoms with E-state index in [4.69, 9.17) is 11.6 Å². The first-order chi connectivity index (χ1) is 9.40. The van der Waals surface area contributed by atoms with Crippen molar-refractivity contribution in [2.45, 2.75) is 19.8 Å². The van der Waals surface area contributed by atoms with E-state index in [1.807, 2.05) is 4.90 Å². The molecule has 6 nitrogen and oxygen atoms in total. The average Bonchev–Trinajstić information content (AvgIpc) is 2.39. The molecule has 1 aliphatic heterocycles. The van der Waals surface area contributed by atoms with Crippen LogP contribution in [0.15, 0.2) is 12.1 Å². The number of piperidine rings is 1. The minimum atomic E-state index is -1.20. The van der Waals surface area contributed by atoms with Crippen molar-refractivity contribution in [2.24, 2.45) is 5.92 Å². The first-order valence-electron chi connectivity index (χ1n) is 6.36. The number of carboxylic acid groups (broad SMARTS) is 1. The van der Waals surface area contributed by atoms with Gasteiger partial charge in [-0.3, -0.25) is 10.1 Å². The van der Waals surface area contributed by atoms with Crippen molar-refractivity contribution in [1.29, 1.82) is 0 Å². The van der Waals surface area contributed by atoms with Crippen LogP contribution < -0.4 is 4.90 Å². The standard InChI is InChI=1S/C13H15ClN2O4/c1-8-2-4-15(5-3-8)12-10(13(17)18)6-9(16(19)20)7-11(12)14/h6-8H,2-5H2,1H3,(H,17,18). The fraction of sp³-hybridized carbons (Fsp3) is 0.462. The number of halogens is 1. The molecule has 1 aromatic carbocycles. The Balaban J connectivity index is 2.46. The molecule has 1 N–H and O–H groups in total. The second-order valence-corrected chi connectivity index (χ2v) is 5.46. The maximum absolute atomic E-state index is 11.3. The van der Waals surface area contributed by atoms with Gasteiger partial charge in [-0.15, -0.1) is 0 Å². The van der Waals surface area contributed by atoms with Crippen LogP contribution in [0.2, 0.25) is 5.02 Å². The smallest absolute Gasteiger partial charge is 0.338 e. The van der Waals surface area contributed by atoms with Gasteiger partial charge in [-0.1, -0.05) is 18.5 Å². The second kappa shape index (κ2) is 5.66. The highest BCUT2D eigenvalue weighted by Gasteiger charge is 2.26. The molecular weight excluding hydrogens is 284 g/mol. The van der Waals surface area contributed by atoms with E-state index in [0.29, 0.717) is 24.7 Å². The van der Waals surface area contributed by atoms with Gasteiger partial charge in [0.25, 0.3) is 5.69 Å². The van der Waals surface area contributed by atoms with Gasteiger partial charge in [-0.2, -0.15) is 0 Å². The van der Waals surface area contributed by atoms with Crippen LogP contribution in [0, 0.1) is 16.0 Å². The largest absolute Gasteiger partial charge is 0.478 e. The second-order valence-electron chi connectivity index (χ2n) is 5.06. The van der Waals surface area contributed by atoms with E-state index in [0.717, 1.165) is 18.9 Å². The van der Waals surface area contributed by atoms with Crippen molar-refractivity contribution in [1.82, 2.24) is 0 Å². The van der Waals surface area contributed by atoms with Gasteiger partial charge in [0.15, 0.2) is 0 Å². The maximum atomic E-state index is 11.3. The number of non-ortho nitro benzene ring substituents is 1. The summed E-state index contributed by atoms with van der Waals surface area (Å²) in [6, 6.07) is 2.28. The number of benzene rings is 1. The van der Waals surface area contributed by atoms with Gasteiger partial charge in [0.2, 0.25) is 0 Å². The van der Waals surface area contributed by atoms with Gasteiger partial charge < -0.3 is 10.0 Å². The molecule has 0 atom stereocenters. The third kappa shape index (κ3) is 2.85. The molecule has 108 valence electrons. The number of nitro benzene ring substituents is 1. The zero-order chi connectivity index (χ0) is 14.9. The Morgan fingerprint density at radius 2 is 2.05 bits per heavy atom. The summed E-state index contributed by atoms with van der Waals surface area (Å²) in [5, 5.41) is 20.2. The van der Waals surface area contributed by atoms with Crippen LogP contribution in [0.5, 0.6) is 0 Å². The lowest BCUT2D eigenvalue weighted by Crippen LogP contribution is -2.34. The molecule has 1 fully saturated rings. The van der Waals surface area contributed by atoms with Crippen molar-refractivity contribution in [3.8, 4) is 0 Å².